The fourth-order valence-corrected chi connectivity index (χ4v) is 3.35. The van der Waals surface area contributed by atoms with E-state index < -0.39 is 0 Å². The molecular formula is C15H26N4. The molecule has 1 aromatic rings. The average Bonchev–Trinajstić information content (AvgIpc) is 2.85. The van der Waals surface area contributed by atoms with Gasteiger partial charge < -0.3 is 10.7 Å². The molecule has 0 saturated heterocycles. The van der Waals surface area contributed by atoms with Gasteiger partial charge in [-0.2, -0.15) is 0 Å². The van der Waals surface area contributed by atoms with E-state index in [9.17, 15) is 0 Å². The summed E-state index contributed by atoms with van der Waals surface area (Å²) < 4.78 is 0. The molecule has 1 heterocycles. The summed E-state index contributed by atoms with van der Waals surface area (Å²) in [6, 6.07) is 3.96. The number of nitrogens with two attached hydrogens (primary N) is 1. The van der Waals surface area contributed by atoms with E-state index in [4.69, 9.17) is 5.84 Å². The molecule has 0 atom stereocenters. The monoisotopic (exact) mass is 262 g/mol. The molecule has 1 aliphatic rings. The summed E-state index contributed by atoms with van der Waals surface area (Å²) >= 11 is 0. The summed E-state index contributed by atoms with van der Waals surface area (Å²) in [5, 5.41) is 3.57. The van der Waals surface area contributed by atoms with Gasteiger partial charge in [-0.15, -0.1) is 0 Å². The summed E-state index contributed by atoms with van der Waals surface area (Å²) in [5.74, 6) is 6.85. The molecule has 106 valence electrons. The molecule has 0 amide bonds. The second-order valence-corrected chi connectivity index (χ2v) is 6.23. The van der Waals surface area contributed by atoms with Crippen LogP contribution < -0.4 is 16.6 Å². The van der Waals surface area contributed by atoms with Crippen molar-refractivity contribution in [3.05, 3.63) is 18.3 Å². The van der Waals surface area contributed by atoms with Gasteiger partial charge >= 0.3 is 0 Å². The number of nitrogens with one attached hydrogen (secondary N) is 2. The highest BCUT2D eigenvalue weighted by molar-refractivity contribution is 5.51. The maximum absolute atomic E-state index is 5.39. The Kier molecular flexibility index (Phi) is 4.64. The van der Waals surface area contributed by atoms with Crippen LogP contribution in [0.15, 0.2) is 18.3 Å². The Morgan fingerprint density at radius 1 is 1.37 bits per heavy atom. The topological polar surface area (TPSA) is 63.0 Å². The minimum absolute atomic E-state index is 0.480. The van der Waals surface area contributed by atoms with Gasteiger partial charge in [-0.05, 0) is 36.7 Å². The molecule has 2 rings (SSSR count). The summed E-state index contributed by atoms with van der Waals surface area (Å²) in [6.07, 6.45) is 8.55. The van der Waals surface area contributed by atoms with Crippen molar-refractivity contribution >= 4 is 11.5 Å². The highest BCUT2D eigenvalue weighted by Crippen LogP contribution is 2.43. The number of nitrogens with zero attached hydrogens (tertiary/aromatic N) is 1. The minimum Gasteiger partial charge on any atom is -0.384 e. The third kappa shape index (κ3) is 3.83. The lowest BCUT2D eigenvalue weighted by Gasteiger charge is -2.31. The number of aromatic nitrogens is 1. The van der Waals surface area contributed by atoms with E-state index in [1.165, 1.54) is 32.1 Å². The smallest absolute Gasteiger partial charge is 0.141 e. The Morgan fingerprint density at radius 2 is 2.11 bits per heavy atom. The fraction of sp³-hybridized carbons (Fsp3) is 0.667. The van der Waals surface area contributed by atoms with E-state index in [0.29, 0.717) is 11.2 Å². The fourth-order valence-electron chi connectivity index (χ4n) is 3.35. The van der Waals surface area contributed by atoms with Crippen LogP contribution in [0.2, 0.25) is 0 Å². The van der Waals surface area contributed by atoms with Gasteiger partial charge in [0, 0.05) is 24.5 Å². The lowest BCUT2D eigenvalue weighted by atomic mass is 9.78. The molecule has 0 spiro atoms. The van der Waals surface area contributed by atoms with Gasteiger partial charge in [-0.1, -0.05) is 26.7 Å². The molecule has 1 aromatic heterocycles. The van der Waals surface area contributed by atoms with Crippen LogP contribution in [0.3, 0.4) is 0 Å². The van der Waals surface area contributed by atoms with Crippen molar-refractivity contribution in [3.63, 3.8) is 0 Å². The minimum atomic E-state index is 0.480. The Labute approximate surface area is 116 Å². The van der Waals surface area contributed by atoms with Crippen LogP contribution in [0.5, 0.6) is 0 Å². The zero-order chi connectivity index (χ0) is 13.7. The molecule has 0 aromatic carbocycles. The largest absolute Gasteiger partial charge is 0.384 e. The van der Waals surface area contributed by atoms with Crippen LogP contribution in [0, 0.1) is 11.3 Å². The molecule has 4 heteroatoms. The second kappa shape index (κ2) is 6.24. The zero-order valence-electron chi connectivity index (χ0n) is 12.1. The number of hydrogen-bond acceptors (Lipinski definition) is 4. The van der Waals surface area contributed by atoms with E-state index >= 15 is 0 Å². The lowest BCUT2D eigenvalue weighted by Crippen LogP contribution is -2.28. The van der Waals surface area contributed by atoms with Crippen molar-refractivity contribution in [3.8, 4) is 0 Å². The van der Waals surface area contributed by atoms with Crippen LogP contribution in [0.1, 0.15) is 46.0 Å². The molecule has 4 nitrogen and oxygen atoms in total. The summed E-state index contributed by atoms with van der Waals surface area (Å²) in [7, 11) is 0. The summed E-state index contributed by atoms with van der Waals surface area (Å²) in [6.45, 7) is 5.70. The first kappa shape index (κ1) is 14.1. The number of hydrogen-bond donors (Lipinski definition) is 3. The van der Waals surface area contributed by atoms with E-state index in [1.807, 2.05) is 12.1 Å². The standard InChI is InChI=1S/C15H26N4/c1-12(2)10-15(6-3-4-7-15)11-18-13-5-8-17-14(9-13)19-16/h5,8-9,12H,3-4,6-7,10-11,16H2,1-2H3,(H2,17,18,19). The van der Waals surface area contributed by atoms with E-state index in [0.717, 1.165) is 18.2 Å². The highest BCUT2D eigenvalue weighted by Gasteiger charge is 2.34. The van der Waals surface area contributed by atoms with Crippen LogP contribution in [-0.4, -0.2) is 11.5 Å². The van der Waals surface area contributed by atoms with Crippen LogP contribution in [-0.2, 0) is 0 Å². The molecule has 1 fully saturated rings. The predicted octanol–water partition coefficient (Wildman–Crippen LogP) is 3.39. The molecule has 0 radical (unpaired) electrons. The second-order valence-electron chi connectivity index (χ2n) is 6.23. The molecule has 19 heavy (non-hydrogen) atoms. The molecular weight excluding hydrogens is 236 g/mol. The van der Waals surface area contributed by atoms with E-state index in [-0.39, 0.29) is 0 Å². The first-order valence-electron chi connectivity index (χ1n) is 7.30. The van der Waals surface area contributed by atoms with Crippen molar-refractivity contribution in [1.29, 1.82) is 0 Å². The summed E-state index contributed by atoms with van der Waals surface area (Å²) in [5.41, 5.74) is 4.16. The van der Waals surface area contributed by atoms with Crippen molar-refractivity contribution in [1.82, 2.24) is 4.98 Å². The number of rotatable bonds is 6. The lowest BCUT2D eigenvalue weighted by molar-refractivity contribution is 0.252. The van der Waals surface area contributed by atoms with Crippen molar-refractivity contribution < 1.29 is 0 Å². The summed E-state index contributed by atoms with van der Waals surface area (Å²) in [4.78, 5) is 4.13. The maximum atomic E-state index is 5.39. The van der Waals surface area contributed by atoms with Gasteiger partial charge in [0.05, 0.1) is 0 Å². The van der Waals surface area contributed by atoms with Crippen LogP contribution in [0.4, 0.5) is 11.5 Å². The molecule has 4 N–H and O–H groups in total. The van der Waals surface area contributed by atoms with Crippen molar-refractivity contribution in [2.75, 3.05) is 17.3 Å². The first-order chi connectivity index (χ1) is 9.13. The molecule has 1 aliphatic carbocycles. The van der Waals surface area contributed by atoms with Gasteiger partial charge in [0.15, 0.2) is 0 Å². The molecule has 0 unspecified atom stereocenters. The van der Waals surface area contributed by atoms with Gasteiger partial charge in [-0.25, -0.2) is 10.8 Å². The van der Waals surface area contributed by atoms with Gasteiger partial charge in [0.25, 0.3) is 0 Å². The normalized spacial score (nSPS) is 17.7. The SMILES string of the molecule is CC(C)CC1(CNc2ccnc(NN)c2)CCCC1. The van der Waals surface area contributed by atoms with E-state index in [2.05, 4.69) is 29.6 Å². The Balaban J connectivity index is 1.98. The zero-order valence-corrected chi connectivity index (χ0v) is 12.1. The molecule has 0 bridgehead atoms. The predicted molar refractivity (Wildman–Crippen MR) is 80.9 cm³/mol. The average molecular weight is 262 g/mol. The quantitative estimate of drug-likeness (QED) is 0.543. The van der Waals surface area contributed by atoms with Crippen molar-refractivity contribution in [2.24, 2.45) is 17.2 Å². The van der Waals surface area contributed by atoms with Gasteiger partial charge in [0.2, 0.25) is 0 Å². The van der Waals surface area contributed by atoms with E-state index in [1.54, 1.807) is 6.20 Å². The van der Waals surface area contributed by atoms with Crippen LogP contribution in [0.25, 0.3) is 0 Å². The highest BCUT2D eigenvalue weighted by atomic mass is 15.2. The number of pyridine rings is 1. The Morgan fingerprint density at radius 3 is 2.74 bits per heavy atom. The number of hydrazine groups is 1. The number of nitrogen functional groups attached to an aromatic ring is 1. The third-order valence-electron chi connectivity index (χ3n) is 4.08. The maximum Gasteiger partial charge on any atom is 0.141 e. The van der Waals surface area contributed by atoms with Crippen molar-refractivity contribution in [2.45, 2.75) is 46.0 Å². The first-order valence-corrected chi connectivity index (χ1v) is 7.30. The van der Waals surface area contributed by atoms with Crippen LogP contribution >= 0.6 is 0 Å². The molecule has 0 aliphatic heterocycles. The number of anilines is 2. The molecule has 1 saturated carbocycles. The van der Waals surface area contributed by atoms with Gasteiger partial charge in [0.1, 0.15) is 5.82 Å². The van der Waals surface area contributed by atoms with Gasteiger partial charge in [-0.3, -0.25) is 0 Å². The Hall–Kier alpha value is -1.29. The third-order valence-corrected chi connectivity index (χ3v) is 4.08. The Bertz CT molecular complexity index is 397.